The number of rotatable bonds is 4. The van der Waals surface area contributed by atoms with Gasteiger partial charge in [0, 0.05) is 49.1 Å². The number of hydrogen-bond acceptors (Lipinski definition) is 4. The fourth-order valence-corrected chi connectivity index (χ4v) is 3.89. The van der Waals surface area contributed by atoms with Gasteiger partial charge in [0.15, 0.2) is 0 Å². The molecule has 0 fully saturated rings. The molecule has 8 nitrogen and oxygen atoms in total. The maximum absolute atomic E-state index is 13.1. The maximum Gasteiger partial charge on any atom is 0.330 e. The number of halogens is 1. The first-order valence-corrected chi connectivity index (χ1v) is 9.85. The van der Waals surface area contributed by atoms with E-state index in [9.17, 15) is 19.7 Å². The van der Waals surface area contributed by atoms with E-state index in [-0.39, 0.29) is 5.69 Å². The van der Waals surface area contributed by atoms with E-state index >= 15 is 0 Å². The van der Waals surface area contributed by atoms with Gasteiger partial charge in [-0.05, 0) is 24.6 Å². The summed E-state index contributed by atoms with van der Waals surface area (Å²) in [6.45, 7) is 2.05. The highest BCUT2D eigenvalue weighted by atomic mass is 35.5. The van der Waals surface area contributed by atoms with Crippen LogP contribution in [0, 0.1) is 17.0 Å². The molecular formula is C22H19ClN4O4. The van der Waals surface area contributed by atoms with Gasteiger partial charge in [0.2, 0.25) is 0 Å². The predicted octanol–water partition coefficient (Wildman–Crippen LogP) is 3.62. The third kappa shape index (κ3) is 3.44. The first-order chi connectivity index (χ1) is 14.7. The lowest BCUT2D eigenvalue weighted by atomic mass is 10.1. The van der Waals surface area contributed by atoms with Crippen LogP contribution in [0.2, 0.25) is 5.02 Å². The van der Waals surface area contributed by atoms with Gasteiger partial charge in [0.25, 0.3) is 11.2 Å². The van der Waals surface area contributed by atoms with Crippen LogP contribution < -0.4 is 11.2 Å². The van der Waals surface area contributed by atoms with Crippen LogP contribution in [0.15, 0.2) is 58.3 Å². The molecule has 0 aliphatic rings. The summed E-state index contributed by atoms with van der Waals surface area (Å²) in [5, 5.41) is 12.4. The van der Waals surface area contributed by atoms with Crippen molar-refractivity contribution in [2.75, 3.05) is 0 Å². The Kier molecular flexibility index (Phi) is 5.02. The lowest BCUT2D eigenvalue weighted by Crippen LogP contribution is -2.36. The van der Waals surface area contributed by atoms with E-state index in [0.717, 1.165) is 10.1 Å². The Morgan fingerprint density at radius 1 is 1.03 bits per heavy atom. The minimum atomic E-state index is -0.453. The second-order valence-corrected chi connectivity index (χ2v) is 7.89. The lowest BCUT2D eigenvalue weighted by Gasteiger charge is -2.11. The van der Waals surface area contributed by atoms with Gasteiger partial charge < -0.3 is 4.57 Å². The number of fused-ring (bicyclic) bond motifs is 1. The third-order valence-electron chi connectivity index (χ3n) is 5.46. The van der Waals surface area contributed by atoms with E-state index in [1.165, 1.54) is 17.7 Å². The third-order valence-corrected chi connectivity index (χ3v) is 5.71. The standard InChI is InChI=1S/C22H19ClN4O4/c1-13-4-7-15(10-17(13)27(30)31)20-19-18(24(2)22(29)25(3)21(19)28)12-26(20)11-14-5-8-16(23)9-6-14/h4-10,12H,11H2,1-3H3. The molecule has 0 N–H and O–H groups in total. The zero-order chi connectivity index (χ0) is 22.4. The van der Waals surface area contributed by atoms with Crippen molar-refractivity contribution >= 4 is 28.2 Å². The number of hydrogen-bond donors (Lipinski definition) is 0. The van der Waals surface area contributed by atoms with Crippen molar-refractivity contribution in [3.63, 3.8) is 0 Å². The minimum Gasteiger partial charge on any atom is -0.340 e. The van der Waals surface area contributed by atoms with Gasteiger partial charge in [0.05, 0.1) is 21.5 Å². The van der Waals surface area contributed by atoms with Gasteiger partial charge in [-0.15, -0.1) is 0 Å². The first kappa shape index (κ1) is 20.6. The fourth-order valence-electron chi connectivity index (χ4n) is 3.76. The molecule has 4 aromatic rings. The molecule has 0 atom stereocenters. The fraction of sp³-hybridized carbons (Fsp3) is 0.182. The second-order valence-electron chi connectivity index (χ2n) is 7.46. The van der Waals surface area contributed by atoms with Gasteiger partial charge >= 0.3 is 5.69 Å². The minimum absolute atomic E-state index is 0.0356. The van der Waals surface area contributed by atoms with Crippen LogP contribution in [0.1, 0.15) is 11.1 Å². The van der Waals surface area contributed by atoms with Crippen LogP contribution in [-0.4, -0.2) is 18.6 Å². The zero-order valence-corrected chi connectivity index (χ0v) is 17.9. The largest absolute Gasteiger partial charge is 0.340 e. The van der Waals surface area contributed by atoms with Gasteiger partial charge in [0.1, 0.15) is 0 Å². The molecule has 0 saturated heterocycles. The summed E-state index contributed by atoms with van der Waals surface area (Å²) in [5.41, 5.74) is 2.02. The molecule has 0 unspecified atom stereocenters. The van der Waals surface area contributed by atoms with E-state index in [4.69, 9.17) is 11.6 Å². The predicted molar refractivity (Wildman–Crippen MR) is 120 cm³/mol. The van der Waals surface area contributed by atoms with Crippen molar-refractivity contribution in [1.29, 1.82) is 0 Å². The van der Waals surface area contributed by atoms with E-state index in [2.05, 4.69) is 0 Å². The Labute approximate surface area is 181 Å². The second kappa shape index (κ2) is 7.55. The van der Waals surface area contributed by atoms with Crippen LogP contribution in [0.5, 0.6) is 0 Å². The molecule has 158 valence electrons. The van der Waals surface area contributed by atoms with E-state index in [1.54, 1.807) is 44.4 Å². The van der Waals surface area contributed by atoms with Crippen LogP contribution in [-0.2, 0) is 20.6 Å². The van der Waals surface area contributed by atoms with E-state index in [0.29, 0.717) is 39.3 Å². The van der Waals surface area contributed by atoms with E-state index < -0.39 is 16.2 Å². The Morgan fingerprint density at radius 3 is 2.35 bits per heavy atom. The monoisotopic (exact) mass is 438 g/mol. The lowest BCUT2D eigenvalue weighted by molar-refractivity contribution is -0.385. The van der Waals surface area contributed by atoms with Crippen molar-refractivity contribution in [2.24, 2.45) is 14.1 Å². The molecule has 2 aromatic heterocycles. The Hall–Kier alpha value is -3.65. The molecule has 0 radical (unpaired) electrons. The highest BCUT2D eigenvalue weighted by molar-refractivity contribution is 6.30. The number of aryl methyl sites for hydroxylation is 2. The molecule has 0 bridgehead atoms. The van der Waals surface area contributed by atoms with Crippen molar-refractivity contribution < 1.29 is 4.92 Å². The number of aromatic nitrogens is 3. The highest BCUT2D eigenvalue weighted by Gasteiger charge is 2.21. The summed E-state index contributed by atoms with van der Waals surface area (Å²) in [4.78, 5) is 36.6. The van der Waals surface area contributed by atoms with Crippen LogP contribution >= 0.6 is 11.6 Å². The molecule has 2 aromatic carbocycles. The summed E-state index contributed by atoms with van der Waals surface area (Å²) < 4.78 is 4.28. The van der Waals surface area contributed by atoms with E-state index in [1.807, 2.05) is 16.7 Å². The topological polar surface area (TPSA) is 92.1 Å². The van der Waals surface area contributed by atoms with Crippen LogP contribution in [0.3, 0.4) is 0 Å². The number of nitro groups is 1. The highest BCUT2D eigenvalue weighted by Crippen LogP contribution is 2.32. The molecule has 0 aliphatic carbocycles. The van der Waals surface area contributed by atoms with Crippen molar-refractivity contribution in [2.45, 2.75) is 13.5 Å². The van der Waals surface area contributed by atoms with Gasteiger partial charge in [-0.3, -0.25) is 24.0 Å². The van der Waals surface area contributed by atoms with Gasteiger partial charge in [-0.2, -0.15) is 0 Å². The van der Waals surface area contributed by atoms with Crippen molar-refractivity contribution in [3.05, 3.63) is 95.8 Å². The van der Waals surface area contributed by atoms with Crippen LogP contribution in [0.25, 0.3) is 22.2 Å². The molecular weight excluding hydrogens is 420 g/mol. The Bertz CT molecular complexity index is 1460. The maximum atomic E-state index is 13.1. The molecule has 0 amide bonds. The summed E-state index contributed by atoms with van der Waals surface area (Å²) in [5.74, 6) is 0. The Balaban J connectivity index is 2.07. The molecule has 4 rings (SSSR count). The Morgan fingerprint density at radius 2 is 1.71 bits per heavy atom. The molecule has 2 heterocycles. The molecule has 0 aliphatic heterocycles. The van der Waals surface area contributed by atoms with Crippen molar-refractivity contribution in [3.8, 4) is 11.3 Å². The molecule has 31 heavy (non-hydrogen) atoms. The average molecular weight is 439 g/mol. The number of nitro benzene ring substituents is 1. The first-order valence-electron chi connectivity index (χ1n) is 9.47. The SMILES string of the molecule is Cc1ccc(-c2c3c(=O)n(C)c(=O)n(C)c3cn2Cc2ccc(Cl)cc2)cc1[N+](=O)[O-]. The molecule has 9 heteroatoms. The summed E-state index contributed by atoms with van der Waals surface area (Å²) in [6.07, 6.45) is 1.73. The number of nitrogens with zero attached hydrogens (tertiary/aromatic N) is 4. The smallest absolute Gasteiger partial charge is 0.330 e. The average Bonchev–Trinajstić information content (AvgIpc) is 3.11. The number of benzene rings is 2. The summed E-state index contributed by atoms with van der Waals surface area (Å²) >= 11 is 5.99. The summed E-state index contributed by atoms with van der Waals surface area (Å²) in [7, 11) is 3.01. The zero-order valence-electron chi connectivity index (χ0n) is 17.1. The normalized spacial score (nSPS) is 11.2. The van der Waals surface area contributed by atoms with Gasteiger partial charge in [-0.25, -0.2) is 4.79 Å². The summed E-state index contributed by atoms with van der Waals surface area (Å²) in [6, 6.07) is 12.1. The van der Waals surface area contributed by atoms with Crippen LogP contribution in [0.4, 0.5) is 5.69 Å². The van der Waals surface area contributed by atoms with Gasteiger partial charge in [-0.1, -0.05) is 35.9 Å². The quantitative estimate of drug-likeness (QED) is 0.359. The molecule has 0 spiro atoms. The molecule has 0 saturated carbocycles. The van der Waals surface area contributed by atoms with Crippen molar-refractivity contribution in [1.82, 2.24) is 13.7 Å².